The Morgan fingerprint density at radius 2 is 2.11 bits per heavy atom. The van der Waals surface area contributed by atoms with Gasteiger partial charge in [0.1, 0.15) is 0 Å². The van der Waals surface area contributed by atoms with E-state index in [-0.39, 0.29) is 5.69 Å². The second-order valence-corrected chi connectivity index (χ2v) is 4.03. The first-order valence-corrected chi connectivity index (χ1v) is 5.99. The van der Waals surface area contributed by atoms with Crippen LogP contribution in [0, 0.1) is 0 Å². The molecule has 0 atom stereocenters. The topological polar surface area (TPSA) is 92.9 Å². The van der Waals surface area contributed by atoms with E-state index in [0.717, 1.165) is 13.0 Å². The van der Waals surface area contributed by atoms with Gasteiger partial charge in [-0.3, -0.25) is 9.67 Å². The van der Waals surface area contributed by atoms with E-state index in [1.54, 1.807) is 12.4 Å². The molecule has 7 heteroatoms. The molecule has 0 saturated heterocycles. The van der Waals surface area contributed by atoms with Gasteiger partial charge in [-0.25, -0.2) is 4.79 Å². The first kappa shape index (κ1) is 13.2. The zero-order valence-electron chi connectivity index (χ0n) is 10.4. The van der Waals surface area contributed by atoms with Crippen molar-refractivity contribution >= 4 is 5.97 Å². The van der Waals surface area contributed by atoms with Crippen LogP contribution in [0.4, 0.5) is 0 Å². The van der Waals surface area contributed by atoms with Crippen molar-refractivity contribution in [3.63, 3.8) is 0 Å². The standard InChI is InChI=1S/C12H15N5O2/c18-12(19)11-9-17(16-15-11)8-7-14-6-3-10-1-4-13-5-2-10/h1-2,4-5,9,14H,3,6-8H2,(H,18,19). The molecule has 2 aromatic heterocycles. The van der Waals surface area contributed by atoms with Gasteiger partial charge in [0.05, 0.1) is 12.7 Å². The number of aromatic carboxylic acids is 1. The summed E-state index contributed by atoms with van der Waals surface area (Å²) in [5, 5.41) is 19.2. The third kappa shape index (κ3) is 4.14. The summed E-state index contributed by atoms with van der Waals surface area (Å²) in [4.78, 5) is 14.6. The molecule has 2 aromatic rings. The Labute approximate surface area is 110 Å². The third-order valence-corrected chi connectivity index (χ3v) is 2.62. The lowest BCUT2D eigenvalue weighted by molar-refractivity contribution is 0.0690. The van der Waals surface area contributed by atoms with Gasteiger partial charge in [0.2, 0.25) is 0 Å². The fourth-order valence-electron chi connectivity index (χ4n) is 1.61. The highest BCUT2D eigenvalue weighted by molar-refractivity contribution is 5.84. The van der Waals surface area contributed by atoms with E-state index in [1.807, 2.05) is 12.1 Å². The smallest absolute Gasteiger partial charge is 0.358 e. The summed E-state index contributed by atoms with van der Waals surface area (Å²) in [6, 6.07) is 3.97. The van der Waals surface area contributed by atoms with Crippen LogP contribution in [0.25, 0.3) is 0 Å². The third-order valence-electron chi connectivity index (χ3n) is 2.62. The summed E-state index contributed by atoms with van der Waals surface area (Å²) in [6.07, 6.45) is 5.91. The number of hydrogen-bond donors (Lipinski definition) is 2. The molecule has 100 valence electrons. The van der Waals surface area contributed by atoms with Crippen molar-refractivity contribution < 1.29 is 9.90 Å². The van der Waals surface area contributed by atoms with Crippen molar-refractivity contribution in [2.75, 3.05) is 13.1 Å². The molecule has 0 saturated carbocycles. The molecule has 0 aliphatic carbocycles. The minimum atomic E-state index is -1.06. The van der Waals surface area contributed by atoms with Crippen LogP contribution in [0.5, 0.6) is 0 Å². The fraction of sp³-hybridized carbons (Fsp3) is 0.333. The molecule has 0 spiro atoms. The number of carboxylic acids is 1. The monoisotopic (exact) mass is 261 g/mol. The Bertz CT molecular complexity index is 526. The normalized spacial score (nSPS) is 10.5. The Balaban J connectivity index is 1.65. The number of carbonyl (C=O) groups is 1. The van der Waals surface area contributed by atoms with Crippen molar-refractivity contribution in [2.24, 2.45) is 0 Å². The number of carboxylic acid groups (broad SMARTS) is 1. The van der Waals surface area contributed by atoms with E-state index in [0.29, 0.717) is 13.1 Å². The maximum absolute atomic E-state index is 10.6. The molecular formula is C12H15N5O2. The summed E-state index contributed by atoms with van der Waals surface area (Å²) < 4.78 is 1.52. The van der Waals surface area contributed by atoms with Gasteiger partial charge in [-0.05, 0) is 30.7 Å². The molecule has 0 aromatic carbocycles. The molecule has 19 heavy (non-hydrogen) atoms. The second kappa shape index (κ2) is 6.60. The van der Waals surface area contributed by atoms with Gasteiger partial charge in [-0.2, -0.15) is 0 Å². The van der Waals surface area contributed by atoms with Crippen molar-refractivity contribution in [2.45, 2.75) is 13.0 Å². The Hall–Kier alpha value is -2.28. The van der Waals surface area contributed by atoms with Crippen molar-refractivity contribution in [3.8, 4) is 0 Å². The van der Waals surface area contributed by atoms with E-state index in [4.69, 9.17) is 5.11 Å². The highest BCUT2D eigenvalue weighted by Gasteiger charge is 2.07. The van der Waals surface area contributed by atoms with Crippen LogP contribution >= 0.6 is 0 Å². The molecule has 2 rings (SSSR count). The number of rotatable bonds is 7. The average molecular weight is 261 g/mol. The fourth-order valence-corrected chi connectivity index (χ4v) is 1.61. The molecule has 0 amide bonds. The summed E-state index contributed by atoms with van der Waals surface area (Å²) in [5.41, 5.74) is 1.20. The second-order valence-electron chi connectivity index (χ2n) is 4.03. The van der Waals surface area contributed by atoms with E-state index in [1.165, 1.54) is 16.4 Å². The van der Waals surface area contributed by atoms with Crippen LogP contribution in [0.2, 0.25) is 0 Å². The Morgan fingerprint density at radius 1 is 1.32 bits per heavy atom. The summed E-state index contributed by atoms with van der Waals surface area (Å²) >= 11 is 0. The summed E-state index contributed by atoms with van der Waals surface area (Å²) in [5.74, 6) is -1.06. The molecule has 2 heterocycles. The molecule has 0 unspecified atom stereocenters. The molecule has 0 fully saturated rings. The molecule has 0 bridgehead atoms. The van der Waals surface area contributed by atoms with Crippen LogP contribution in [-0.2, 0) is 13.0 Å². The van der Waals surface area contributed by atoms with Gasteiger partial charge in [-0.15, -0.1) is 5.10 Å². The predicted molar refractivity (Wildman–Crippen MR) is 67.8 cm³/mol. The predicted octanol–water partition coefficient (Wildman–Crippen LogP) is 0.204. The molecule has 0 aliphatic rings. The van der Waals surface area contributed by atoms with Crippen molar-refractivity contribution in [3.05, 3.63) is 42.0 Å². The Morgan fingerprint density at radius 3 is 2.79 bits per heavy atom. The first-order chi connectivity index (χ1) is 9.25. The lowest BCUT2D eigenvalue weighted by Crippen LogP contribution is -2.22. The first-order valence-electron chi connectivity index (χ1n) is 5.99. The number of aromatic nitrogens is 4. The van der Waals surface area contributed by atoms with Crippen LogP contribution in [0.1, 0.15) is 16.1 Å². The SMILES string of the molecule is O=C(O)c1cn(CCNCCc2ccncc2)nn1. The molecule has 0 aliphatic heterocycles. The zero-order valence-corrected chi connectivity index (χ0v) is 10.4. The van der Waals surface area contributed by atoms with Gasteiger partial charge in [0.25, 0.3) is 0 Å². The van der Waals surface area contributed by atoms with E-state index >= 15 is 0 Å². The van der Waals surface area contributed by atoms with Gasteiger partial charge < -0.3 is 10.4 Å². The van der Waals surface area contributed by atoms with Crippen molar-refractivity contribution in [1.29, 1.82) is 0 Å². The number of hydrogen-bond acceptors (Lipinski definition) is 5. The lowest BCUT2D eigenvalue weighted by atomic mass is 10.2. The number of pyridine rings is 1. The van der Waals surface area contributed by atoms with E-state index in [2.05, 4.69) is 20.6 Å². The molecular weight excluding hydrogens is 246 g/mol. The van der Waals surface area contributed by atoms with Crippen LogP contribution in [0.3, 0.4) is 0 Å². The molecule has 2 N–H and O–H groups in total. The van der Waals surface area contributed by atoms with Gasteiger partial charge in [0, 0.05) is 18.9 Å². The maximum atomic E-state index is 10.6. The maximum Gasteiger partial charge on any atom is 0.358 e. The molecule has 0 radical (unpaired) electrons. The quantitative estimate of drug-likeness (QED) is 0.692. The van der Waals surface area contributed by atoms with Crippen LogP contribution in [-0.4, -0.2) is 44.1 Å². The largest absolute Gasteiger partial charge is 0.476 e. The number of nitrogens with one attached hydrogen (secondary N) is 1. The lowest BCUT2D eigenvalue weighted by Gasteiger charge is -2.04. The van der Waals surface area contributed by atoms with Crippen LogP contribution in [0.15, 0.2) is 30.7 Å². The van der Waals surface area contributed by atoms with Crippen LogP contribution < -0.4 is 5.32 Å². The average Bonchev–Trinajstić information content (AvgIpc) is 2.89. The minimum Gasteiger partial charge on any atom is -0.476 e. The summed E-state index contributed by atoms with van der Waals surface area (Å²) in [6.45, 7) is 2.16. The molecule has 7 nitrogen and oxygen atoms in total. The zero-order chi connectivity index (χ0) is 13.5. The highest BCUT2D eigenvalue weighted by Crippen LogP contribution is 1.96. The van der Waals surface area contributed by atoms with Gasteiger partial charge >= 0.3 is 5.97 Å². The number of nitrogens with zero attached hydrogens (tertiary/aromatic N) is 4. The van der Waals surface area contributed by atoms with E-state index < -0.39 is 5.97 Å². The van der Waals surface area contributed by atoms with Gasteiger partial charge in [0.15, 0.2) is 5.69 Å². The van der Waals surface area contributed by atoms with Gasteiger partial charge in [-0.1, -0.05) is 5.21 Å². The van der Waals surface area contributed by atoms with Crippen molar-refractivity contribution in [1.82, 2.24) is 25.3 Å². The minimum absolute atomic E-state index is 0.0308. The van der Waals surface area contributed by atoms with E-state index in [9.17, 15) is 4.79 Å². The highest BCUT2D eigenvalue weighted by atomic mass is 16.4. The summed E-state index contributed by atoms with van der Waals surface area (Å²) in [7, 11) is 0. The Kier molecular flexibility index (Phi) is 4.57.